The second-order valence-corrected chi connectivity index (χ2v) is 8.04. The van der Waals surface area contributed by atoms with Crippen LogP contribution in [0.3, 0.4) is 0 Å². The van der Waals surface area contributed by atoms with Gasteiger partial charge in [-0.1, -0.05) is 20.8 Å². The molecule has 0 bridgehead atoms. The zero-order valence-electron chi connectivity index (χ0n) is 13.5. The number of piperazine rings is 1. The molecule has 0 aromatic carbocycles. The minimum Gasteiger partial charge on any atom is -0.378 e. The van der Waals surface area contributed by atoms with Crippen LogP contribution in [0.25, 0.3) is 0 Å². The lowest BCUT2D eigenvalue weighted by atomic mass is 9.82. The van der Waals surface area contributed by atoms with E-state index in [2.05, 4.69) is 44.8 Å². The third kappa shape index (κ3) is 4.17. The van der Waals surface area contributed by atoms with E-state index in [9.17, 15) is 0 Å². The summed E-state index contributed by atoms with van der Waals surface area (Å²) in [5, 5.41) is 3.70. The van der Waals surface area contributed by atoms with Crippen LogP contribution in [-0.4, -0.2) is 48.8 Å². The highest BCUT2D eigenvalue weighted by Crippen LogP contribution is 2.29. The van der Waals surface area contributed by atoms with Gasteiger partial charge in [0, 0.05) is 37.8 Å². The Hall–Kier alpha value is -0.120. The largest absolute Gasteiger partial charge is 0.378 e. The van der Waals surface area contributed by atoms with Crippen LogP contribution in [0, 0.1) is 5.41 Å². The monoisotopic (exact) mass is 268 g/mol. The lowest BCUT2D eigenvalue weighted by Crippen LogP contribution is -2.64. The maximum atomic E-state index is 5.77. The van der Waals surface area contributed by atoms with Crippen LogP contribution in [0.2, 0.25) is 0 Å². The van der Waals surface area contributed by atoms with E-state index in [1.807, 2.05) is 0 Å². The Balaban J connectivity index is 1.94. The number of nitrogens with one attached hydrogen (secondary N) is 1. The molecule has 19 heavy (non-hydrogen) atoms. The van der Waals surface area contributed by atoms with Gasteiger partial charge in [-0.3, -0.25) is 4.90 Å². The zero-order valence-corrected chi connectivity index (χ0v) is 13.5. The summed E-state index contributed by atoms with van der Waals surface area (Å²) >= 11 is 0. The maximum absolute atomic E-state index is 5.77. The van der Waals surface area contributed by atoms with Crippen molar-refractivity contribution in [3.63, 3.8) is 0 Å². The molecule has 0 saturated carbocycles. The van der Waals surface area contributed by atoms with Crippen molar-refractivity contribution in [2.45, 2.75) is 71.6 Å². The van der Waals surface area contributed by atoms with E-state index >= 15 is 0 Å². The molecule has 2 saturated heterocycles. The zero-order chi connectivity index (χ0) is 14.1. The molecule has 1 N–H and O–H groups in total. The van der Waals surface area contributed by atoms with Crippen LogP contribution < -0.4 is 5.32 Å². The number of hydrogen-bond donors (Lipinski definition) is 1. The van der Waals surface area contributed by atoms with Gasteiger partial charge in [0.25, 0.3) is 0 Å². The fourth-order valence-corrected chi connectivity index (χ4v) is 3.45. The van der Waals surface area contributed by atoms with Gasteiger partial charge >= 0.3 is 0 Å². The van der Waals surface area contributed by atoms with Crippen molar-refractivity contribution >= 4 is 0 Å². The maximum Gasteiger partial charge on any atom is 0.0588 e. The first-order valence-electron chi connectivity index (χ1n) is 7.89. The Labute approximate surface area is 119 Å². The van der Waals surface area contributed by atoms with E-state index in [4.69, 9.17) is 4.74 Å². The summed E-state index contributed by atoms with van der Waals surface area (Å²) in [5.74, 6) is 0. The molecule has 2 heterocycles. The summed E-state index contributed by atoms with van der Waals surface area (Å²) in [4.78, 5) is 2.69. The second-order valence-electron chi connectivity index (χ2n) is 8.04. The van der Waals surface area contributed by atoms with Crippen LogP contribution in [0.4, 0.5) is 0 Å². The summed E-state index contributed by atoms with van der Waals surface area (Å²) in [6.45, 7) is 16.1. The quantitative estimate of drug-likeness (QED) is 0.851. The van der Waals surface area contributed by atoms with Gasteiger partial charge in [0.2, 0.25) is 0 Å². The minimum absolute atomic E-state index is 0.234. The summed E-state index contributed by atoms with van der Waals surface area (Å²) in [6.07, 6.45) is 4.22. The normalized spacial score (nSPS) is 32.7. The van der Waals surface area contributed by atoms with Crippen molar-refractivity contribution in [2.24, 2.45) is 5.41 Å². The van der Waals surface area contributed by atoms with E-state index in [-0.39, 0.29) is 5.54 Å². The molecule has 2 atom stereocenters. The molecule has 0 aliphatic carbocycles. The van der Waals surface area contributed by atoms with E-state index in [1.54, 1.807) is 0 Å². The van der Waals surface area contributed by atoms with Crippen molar-refractivity contribution < 1.29 is 4.74 Å². The lowest BCUT2D eigenvalue weighted by Gasteiger charge is -2.49. The SMILES string of the molecule is CC1(C)CN(CCC2CCCO2)C(C(C)(C)C)CN1. The molecule has 0 spiro atoms. The van der Waals surface area contributed by atoms with Crippen LogP contribution >= 0.6 is 0 Å². The molecule has 2 aliphatic rings. The van der Waals surface area contributed by atoms with Crippen molar-refractivity contribution in [2.75, 3.05) is 26.2 Å². The molecule has 0 amide bonds. The van der Waals surface area contributed by atoms with Gasteiger partial charge in [-0.2, -0.15) is 0 Å². The Morgan fingerprint density at radius 1 is 1.32 bits per heavy atom. The van der Waals surface area contributed by atoms with Crippen molar-refractivity contribution in [3.8, 4) is 0 Å². The first-order chi connectivity index (χ1) is 8.78. The Morgan fingerprint density at radius 3 is 2.63 bits per heavy atom. The van der Waals surface area contributed by atoms with E-state index < -0.39 is 0 Å². The fourth-order valence-electron chi connectivity index (χ4n) is 3.45. The molecule has 2 unspecified atom stereocenters. The van der Waals surface area contributed by atoms with Gasteiger partial charge in [0.15, 0.2) is 0 Å². The summed E-state index contributed by atoms with van der Waals surface area (Å²) in [7, 11) is 0. The van der Waals surface area contributed by atoms with E-state index in [0.29, 0.717) is 17.6 Å². The van der Waals surface area contributed by atoms with Gasteiger partial charge in [-0.15, -0.1) is 0 Å². The van der Waals surface area contributed by atoms with Crippen LogP contribution in [0.1, 0.15) is 53.9 Å². The lowest BCUT2D eigenvalue weighted by molar-refractivity contribution is 0.0173. The number of hydrogen-bond acceptors (Lipinski definition) is 3. The summed E-state index contributed by atoms with van der Waals surface area (Å²) < 4.78 is 5.77. The number of rotatable bonds is 3. The molecule has 112 valence electrons. The van der Waals surface area contributed by atoms with E-state index in [1.165, 1.54) is 25.8 Å². The van der Waals surface area contributed by atoms with Gasteiger partial charge in [0.1, 0.15) is 0 Å². The highest BCUT2D eigenvalue weighted by Gasteiger charge is 2.38. The van der Waals surface area contributed by atoms with Gasteiger partial charge < -0.3 is 10.1 Å². The topological polar surface area (TPSA) is 24.5 Å². The van der Waals surface area contributed by atoms with Crippen molar-refractivity contribution in [1.29, 1.82) is 0 Å². The fraction of sp³-hybridized carbons (Fsp3) is 1.00. The first-order valence-corrected chi connectivity index (χ1v) is 7.89. The Bertz CT molecular complexity index is 290. The van der Waals surface area contributed by atoms with Crippen LogP contribution in [0.5, 0.6) is 0 Å². The molecule has 2 rings (SSSR count). The summed E-state index contributed by atoms with van der Waals surface area (Å²) in [6, 6.07) is 0.627. The second kappa shape index (κ2) is 5.71. The molecule has 3 nitrogen and oxygen atoms in total. The first kappa shape index (κ1) is 15.3. The van der Waals surface area contributed by atoms with Crippen LogP contribution in [0.15, 0.2) is 0 Å². The molecule has 3 heteroatoms. The van der Waals surface area contributed by atoms with Crippen LogP contribution in [-0.2, 0) is 4.74 Å². The standard InChI is InChI=1S/C16H32N2O/c1-15(2,3)14-11-17-16(4,5)12-18(14)9-8-13-7-6-10-19-13/h13-14,17H,6-12H2,1-5H3. The van der Waals surface area contributed by atoms with Gasteiger partial charge in [-0.25, -0.2) is 0 Å². The Kier molecular flexibility index (Phi) is 4.59. The van der Waals surface area contributed by atoms with E-state index in [0.717, 1.165) is 19.7 Å². The smallest absolute Gasteiger partial charge is 0.0588 e. The molecular formula is C16H32N2O. The van der Waals surface area contributed by atoms with Crippen molar-refractivity contribution in [3.05, 3.63) is 0 Å². The van der Waals surface area contributed by atoms with Gasteiger partial charge in [-0.05, 0) is 38.5 Å². The average molecular weight is 268 g/mol. The van der Waals surface area contributed by atoms with Crippen molar-refractivity contribution in [1.82, 2.24) is 10.2 Å². The molecule has 2 aliphatic heterocycles. The third-order valence-electron chi connectivity index (χ3n) is 4.58. The third-order valence-corrected chi connectivity index (χ3v) is 4.58. The minimum atomic E-state index is 0.234. The molecule has 2 fully saturated rings. The molecule has 0 radical (unpaired) electrons. The average Bonchev–Trinajstić information content (AvgIpc) is 2.76. The highest BCUT2D eigenvalue weighted by molar-refractivity contribution is 4.96. The van der Waals surface area contributed by atoms with Gasteiger partial charge in [0.05, 0.1) is 6.10 Å². The Morgan fingerprint density at radius 2 is 2.05 bits per heavy atom. The predicted octanol–water partition coefficient (Wildman–Crippen LogP) is 2.65. The summed E-state index contributed by atoms with van der Waals surface area (Å²) in [5.41, 5.74) is 0.568. The molecule has 0 aromatic heterocycles. The highest BCUT2D eigenvalue weighted by atomic mass is 16.5. The molecule has 0 aromatic rings. The number of ether oxygens (including phenoxy) is 1. The number of nitrogens with zero attached hydrogens (tertiary/aromatic N) is 1. The predicted molar refractivity (Wildman–Crippen MR) is 80.5 cm³/mol. The molecular weight excluding hydrogens is 236 g/mol.